The molecule has 0 aliphatic rings. The Bertz CT molecular complexity index is 1360. The minimum absolute atomic E-state index is 0.0354. The van der Waals surface area contributed by atoms with E-state index in [1.54, 1.807) is 22.6 Å². The number of nitrogens with zero attached hydrogens (tertiary/aromatic N) is 4. The highest BCUT2D eigenvalue weighted by Crippen LogP contribution is 2.33. The third-order valence-electron chi connectivity index (χ3n) is 5.53. The highest BCUT2D eigenvalue weighted by molar-refractivity contribution is 6.04. The summed E-state index contributed by atoms with van der Waals surface area (Å²) < 4.78 is 45.3. The van der Waals surface area contributed by atoms with Gasteiger partial charge in [0.1, 0.15) is 11.3 Å². The number of amides is 1. The average molecular weight is 473 g/mol. The summed E-state index contributed by atoms with van der Waals surface area (Å²) in [7, 11) is 0. The average Bonchev–Trinajstić information content (AvgIpc) is 3.40. The van der Waals surface area contributed by atoms with Crippen molar-refractivity contribution in [3.05, 3.63) is 65.4 Å². The molecular formula is C23H22F3N5O3. The minimum Gasteiger partial charge on any atom is -0.381 e. The molecule has 1 amide bonds. The molecule has 11 heteroatoms. The van der Waals surface area contributed by atoms with Crippen LogP contribution in [0.3, 0.4) is 0 Å². The van der Waals surface area contributed by atoms with E-state index in [1.807, 2.05) is 32.2 Å². The van der Waals surface area contributed by atoms with Gasteiger partial charge in [0.2, 0.25) is 11.7 Å². The third kappa shape index (κ3) is 4.65. The molecule has 1 aromatic carbocycles. The lowest BCUT2D eigenvalue weighted by Gasteiger charge is -2.25. The number of benzene rings is 1. The molecule has 1 atom stereocenters. The first kappa shape index (κ1) is 23.4. The fourth-order valence-electron chi connectivity index (χ4n) is 3.30. The van der Waals surface area contributed by atoms with Crippen molar-refractivity contribution in [3.63, 3.8) is 0 Å². The van der Waals surface area contributed by atoms with Crippen molar-refractivity contribution in [1.82, 2.24) is 19.5 Å². The maximum atomic E-state index is 12.9. The molecule has 0 fully saturated rings. The van der Waals surface area contributed by atoms with Gasteiger partial charge in [0.25, 0.3) is 5.91 Å². The predicted octanol–water partition coefficient (Wildman–Crippen LogP) is 4.50. The summed E-state index contributed by atoms with van der Waals surface area (Å²) in [5, 5.41) is 16.3. The molecule has 8 nitrogen and oxygen atoms in total. The summed E-state index contributed by atoms with van der Waals surface area (Å²) in [5.74, 6) is -0.240. The number of anilines is 1. The van der Waals surface area contributed by atoms with Crippen LogP contribution in [-0.2, 0) is 6.42 Å². The number of hydrogen-bond donors (Lipinski definition) is 2. The molecule has 0 saturated heterocycles. The van der Waals surface area contributed by atoms with Crippen LogP contribution in [0.1, 0.15) is 40.9 Å². The number of fused-ring (bicyclic) bond motifs is 1. The first-order valence-electron chi connectivity index (χ1n) is 10.4. The zero-order valence-corrected chi connectivity index (χ0v) is 18.6. The van der Waals surface area contributed by atoms with Crippen LogP contribution < -0.4 is 5.32 Å². The number of halogens is 3. The summed E-state index contributed by atoms with van der Waals surface area (Å²) in [4.78, 5) is 21.3. The molecule has 0 unspecified atom stereocenters. The Morgan fingerprint density at radius 1 is 1.21 bits per heavy atom. The molecule has 4 aromatic rings. The molecular weight excluding hydrogens is 451 g/mol. The standard InChI is InChI=1S/C23H22F3N5O3/c1-13-4-7-18-27-11-17(31(18)12-13)21(32)28-16-10-15(6-5-14(16)2)20-29-19(34-30-20)8-9-22(3,33)23(24,25)26/h4-7,10-12,33H,8-9H2,1-3H3,(H,28,32)/t22-/m1/s1. The van der Waals surface area contributed by atoms with E-state index in [1.165, 1.54) is 6.20 Å². The molecule has 2 N–H and O–H groups in total. The van der Waals surface area contributed by atoms with Gasteiger partial charge in [0, 0.05) is 23.9 Å². The van der Waals surface area contributed by atoms with Crippen molar-refractivity contribution < 1.29 is 27.6 Å². The Morgan fingerprint density at radius 3 is 2.71 bits per heavy atom. The van der Waals surface area contributed by atoms with Crippen molar-refractivity contribution >= 4 is 17.2 Å². The van der Waals surface area contributed by atoms with Crippen LogP contribution in [0.15, 0.2) is 47.2 Å². The second-order valence-electron chi connectivity index (χ2n) is 8.35. The second-order valence-corrected chi connectivity index (χ2v) is 8.35. The number of aryl methyl sites for hydroxylation is 3. The third-order valence-corrected chi connectivity index (χ3v) is 5.53. The zero-order chi connectivity index (χ0) is 24.7. The largest absolute Gasteiger partial charge is 0.416 e. The van der Waals surface area contributed by atoms with Crippen LogP contribution in [-0.4, -0.2) is 42.3 Å². The molecule has 3 heterocycles. The summed E-state index contributed by atoms with van der Waals surface area (Å²) >= 11 is 0. The van der Waals surface area contributed by atoms with Gasteiger partial charge < -0.3 is 14.9 Å². The lowest BCUT2D eigenvalue weighted by atomic mass is 10.00. The van der Waals surface area contributed by atoms with E-state index in [-0.39, 0.29) is 24.0 Å². The highest BCUT2D eigenvalue weighted by atomic mass is 19.4. The lowest BCUT2D eigenvalue weighted by molar-refractivity contribution is -0.255. The number of carbonyl (C=O) groups is 1. The molecule has 178 valence electrons. The van der Waals surface area contributed by atoms with Gasteiger partial charge in [-0.2, -0.15) is 18.2 Å². The molecule has 0 bridgehead atoms. The number of imidazole rings is 1. The summed E-state index contributed by atoms with van der Waals surface area (Å²) in [6, 6.07) is 8.85. The molecule has 0 radical (unpaired) electrons. The van der Waals surface area contributed by atoms with Crippen molar-refractivity contribution in [1.29, 1.82) is 0 Å². The maximum Gasteiger partial charge on any atom is 0.416 e. The van der Waals surface area contributed by atoms with Crippen molar-refractivity contribution in [2.45, 2.75) is 45.4 Å². The number of nitrogens with one attached hydrogen (secondary N) is 1. The first-order valence-corrected chi connectivity index (χ1v) is 10.4. The molecule has 0 saturated carbocycles. The molecule has 0 spiro atoms. The van der Waals surface area contributed by atoms with E-state index in [4.69, 9.17) is 4.52 Å². The van der Waals surface area contributed by atoms with Gasteiger partial charge in [-0.3, -0.25) is 9.20 Å². The number of hydrogen-bond acceptors (Lipinski definition) is 6. The van der Waals surface area contributed by atoms with E-state index in [0.29, 0.717) is 29.5 Å². The molecule has 4 rings (SSSR count). The van der Waals surface area contributed by atoms with Gasteiger partial charge in [-0.1, -0.05) is 23.4 Å². The van der Waals surface area contributed by atoms with Crippen LogP contribution in [0.25, 0.3) is 17.0 Å². The highest BCUT2D eigenvalue weighted by Gasteiger charge is 2.49. The van der Waals surface area contributed by atoms with Crippen LogP contribution in [0.4, 0.5) is 18.9 Å². The Balaban J connectivity index is 1.52. The van der Waals surface area contributed by atoms with Gasteiger partial charge >= 0.3 is 6.18 Å². The minimum atomic E-state index is -4.76. The fraction of sp³-hybridized carbons (Fsp3) is 0.304. The monoisotopic (exact) mass is 473 g/mol. The van der Waals surface area contributed by atoms with E-state index < -0.39 is 18.2 Å². The summed E-state index contributed by atoms with van der Waals surface area (Å²) in [5.41, 5.74) is 0.921. The van der Waals surface area contributed by atoms with Gasteiger partial charge in [-0.25, -0.2) is 4.98 Å². The second kappa shape index (κ2) is 8.56. The Morgan fingerprint density at radius 2 is 1.97 bits per heavy atom. The molecule has 3 aromatic heterocycles. The first-order chi connectivity index (χ1) is 15.9. The summed E-state index contributed by atoms with van der Waals surface area (Å²) in [6.07, 6.45) is -2.32. The van der Waals surface area contributed by atoms with Crippen LogP contribution in [0, 0.1) is 13.8 Å². The number of carbonyl (C=O) groups excluding carboxylic acids is 1. The summed E-state index contributed by atoms with van der Waals surface area (Å²) in [6.45, 7) is 4.43. The topological polar surface area (TPSA) is 106 Å². The molecule has 34 heavy (non-hydrogen) atoms. The van der Waals surface area contributed by atoms with E-state index in [2.05, 4.69) is 20.4 Å². The molecule has 0 aliphatic carbocycles. The van der Waals surface area contributed by atoms with Gasteiger partial charge in [-0.05, 0) is 50.5 Å². The van der Waals surface area contributed by atoms with Crippen LogP contribution in [0.5, 0.6) is 0 Å². The zero-order valence-electron chi connectivity index (χ0n) is 18.6. The van der Waals surface area contributed by atoms with Crippen LogP contribution >= 0.6 is 0 Å². The van der Waals surface area contributed by atoms with Gasteiger partial charge in [0.15, 0.2) is 5.60 Å². The number of aromatic nitrogens is 4. The van der Waals surface area contributed by atoms with E-state index in [0.717, 1.165) is 11.1 Å². The maximum absolute atomic E-state index is 12.9. The van der Waals surface area contributed by atoms with Gasteiger partial charge in [0.05, 0.1) is 6.20 Å². The number of aliphatic hydroxyl groups is 1. The van der Waals surface area contributed by atoms with Gasteiger partial charge in [-0.15, -0.1) is 0 Å². The molecule has 0 aliphatic heterocycles. The van der Waals surface area contributed by atoms with E-state index in [9.17, 15) is 23.1 Å². The number of pyridine rings is 1. The Labute approximate surface area is 192 Å². The van der Waals surface area contributed by atoms with E-state index >= 15 is 0 Å². The Kier molecular flexibility index (Phi) is 5.90. The SMILES string of the molecule is Cc1ccc2ncc(C(=O)Nc3cc(-c4noc(CC[C@@](C)(O)C(F)(F)F)n4)ccc3C)n2c1. The predicted molar refractivity (Wildman–Crippen MR) is 117 cm³/mol. The Hall–Kier alpha value is -3.73. The quantitative estimate of drug-likeness (QED) is 0.427. The smallest absolute Gasteiger partial charge is 0.381 e. The number of alkyl halides is 3. The normalized spacial score (nSPS) is 13.7. The van der Waals surface area contributed by atoms with Crippen molar-refractivity contribution in [2.24, 2.45) is 0 Å². The fourth-order valence-corrected chi connectivity index (χ4v) is 3.30. The van der Waals surface area contributed by atoms with Crippen LogP contribution in [0.2, 0.25) is 0 Å². The number of rotatable bonds is 6. The lowest BCUT2D eigenvalue weighted by Crippen LogP contribution is -2.42. The van der Waals surface area contributed by atoms with Crippen molar-refractivity contribution in [3.8, 4) is 11.4 Å². The van der Waals surface area contributed by atoms with Crippen molar-refractivity contribution in [2.75, 3.05) is 5.32 Å².